The Bertz CT molecular complexity index is 740. The van der Waals surface area contributed by atoms with Crippen LogP contribution in [0.1, 0.15) is 30.8 Å². The number of pyridine rings is 1. The summed E-state index contributed by atoms with van der Waals surface area (Å²) in [5, 5.41) is 6.33. The van der Waals surface area contributed by atoms with Crippen molar-refractivity contribution in [2.45, 2.75) is 20.3 Å². The monoisotopic (exact) mass is 368 g/mol. The van der Waals surface area contributed by atoms with E-state index in [-0.39, 0.29) is 5.91 Å². The van der Waals surface area contributed by atoms with Gasteiger partial charge in [0.15, 0.2) is 0 Å². The van der Waals surface area contributed by atoms with Crippen LogP contribution >= 0.6 is 0 Å². The summed E-state index contributed by atoms with van der Waals surface area (Å²) < 4.78 is 5.42. The van der Waals surface area contributed by atoms with Gasteiger partial charge in [0.25, 0.3) is 5.91 Å². The van der Waals surface area contributed by atoms with Crippen molar-refractivity contribution in [3.05, 3.63) is 48.3 Å². The van der Waals surface area contributed by atoms with Crippen LogP contribution in [-0.2, 0) is 4.74 Å². The fraction of sp³-hybridized carbons (Fsp3) is 0.429. The Hall–Kier alpha value is -2.60. The number of anilines is 3. The van der Waals surface area contributed by atoms with Gasteiger partial charge in [0.05, 0.1) is 36.5 Å². The second-order valence-corrected chi connectivity index (χ2v) is 7.11. The number of rotatable bonds is 7. The zero-order valence-corrected chi connectivity index (χ0v) is 16.1. The van der Waals surface area contributed by atoms with Gasteiger partial charge in [-0.25, -0.2) is 4.98 Å². The van der Waals surface area contributed by atoms with Crippen LogP contribution < -0.4 is 15.5 Å². The number of morpholine rings is 1. The number of aromatic nitrogens is 1. The molecule has 27 heavy (non-hydrogen) atoms. The zero-order chi connectivity index (χ0) is 19.1. The van der Waals surface area contributed by atoms with Crippen molar-refractivity contribution < 1.29 is 9.53 Å². The average Bonchev–Trinajstić information content (AvgIpc) is 2.69. The first-order valence-electron chi connectivity index (χ1n) is 9.56. The maximum absolute atomic E-state index is 12.6. The summed E-state index contributed by atoms with van der Waals surface area (Å²) in [6, 6.07) is 11.5. The molecule has 0 aliphatic carbocycles. The molecule has 6 heteroatoms. The molecule has 1 saturated heterocycles. The second-order valence-electron chi connectivity index (χ2n) is 7.11. The minimum absolute atomic E-state index is 0.204. The number of carbonyl (C=O) groups excluding carboxylic acids is 1. The molecule has 0 radical (unpaired) electrons. The molecule has 1 fully saturated rings. The highest BCUT2D eigenvalue weighted by Crippen LogP contribution is 2.26. The van der Waals surface area contributed by atoms with Crippen LogP contribution in [0.2, 0.25) is 0 Å². The molecule has 0 saturated carbocycles. The third-order valence-corrected chi connectivity index (χ3v) is 4.55. The second kappa shape index (κ2) is 9.37. The van der Waals surface area contributed by atoms with Crippen LogP contribution in [0.25, 0.3) is 0 Å². The molecular weight excluding hydrogens is 340 g/mol. The number of para-hydroxylation sites is 2. The largest absolute Gasteiger partial charge is 0.384 e. The Morgan fingerprint density at radius 2 is 1.96 bits per heavy atom. The van der Waals surface area contributed by atoms with E-state index < -0.39 is 0 Å². The van der Waals surface area contributed by atoms with E-state index in [4.69, 9.17) is 4.74 Å². The summed E-state index contributed by atoms with van der Waals surface area (Å²) in [7, 11) is 0. The SMILES string of the molecule is CC(C)CCNc1ccc(C(=O)Nc2ccccc2N2CCOCC2)nc1. The van der Waals surface area contributed by atoms with Gasteiger partial charge in [0.2, 0.25) is 0 Å². The van der Waals surface area contributed by atoms with Gasteiger partial charge in [0, 0.05) is 19.6 Å². The lowest BCUT2D eigenvalue weighted by Crippen LogP contribution is -2.36. The number of ether oxygens (including phenoxy) is 1. The van der Waals surface area contributed by atoms with E-state index in [1.54, 1.807) is 12.3 Å². The molecule has 144 valence electrons. The van der Waals surface area contributed by atoms with E-state index in [1.165, 1.54) is 0 Å². The maximum Gasteiger partial charge on any atom is 0.274 e. The molecule has 6 nitrogen and oxygen atoms in total. The Balaban J connectivity index is 1.63. The Labute approximate surface area is 160 Å². The normalized spacial score (nSPS) is 14.3. The zero-order valence-electron chi connectivity index (χ0n) is 16.1. The first-order valence-corrected chi connectivity index (χ1v) is 9.56. The lowest BCUT2D eigenvalue weighted by molar-refractivity contribution is 0.102. The van der Waals surface area contributed by atoms with E-state index in [1.807, 2.05) is 30.3 Å². The number of nitrogens with one attached hydrogen (secondary N) is 2. The third kappa shape index (κ3) is 5.44. The van der Waals surface area contributed by atoms with Crippen molar-refractivity contribution in [1.29, 1.82) is 0 Å². The molecule has 2 aromatic rings. The van der Waals surface area contributed by atoms with Crippen molar-refractivity contribution >= 4 is 23.0 Å². The molecule has 1 aromatic carbocycles. The third-order valence-electron chi connectivity index (χ3n) is 4.55. The standard InChI is InChI=1S/C21H28N4O2/c1-16(2)9-10-22-17-7-8-19(23-15-17)21(26)24-18-5-3-4-6-20(18)25-11-13-27-14-12-25/h3-8,15-16,22H,9-14H2,1-2H3,(H,24,26). The van der Waals surface area contributed by atoms with Crippen LogP contribution in [-0.4, -0.2) is 43.7 Å². The van der Waals surface area contributed by atoms with Gasteiger partial charge >= 0.3 is 0 Å². The molecule has 0 bridgehead atoms. The van der Waals surface area contributed by atoms with Gasteiger partial charge in [-0.15, -0.1) is 0 Å². The quantitative estimate of drug-likeness (QED) is 0.781. The van der Waals surface area contributed by atoms with Crippen molar-refractivity contribution in [1.82, 2.24) is 4.98 Å². The molecule has 0 unspecified atom stereocenters. The Morgan fingerprint density at radius 3 is 2.67 bits per heavy atom. The molecule has 1 amide bonds. The lowest BCUT2D eigenvalue weighted by atomic mass is 10.1. The summed E-state index contributed by atoms with van der Waals surface area (Å²) >= 11 is 0. The number of nitrogens with zero attached hydrogens (tertiary/aromatic N) is 2. The molecular formula is C21H28N4O2. The molecule has 2 heterocycles. The van der Waals surface area contributed by atoms with E-state index in [9.17, 15) is 4.79 Å². The van der Waals surface area contributed by atoms with Crippen LogP contribution in [0.3, 0.4) is 0 Å². The number of hydrogen-bond donors (Lipinski definition) is 2. The van der Waals surface area contributed by atoms with Crippen LogP contribution in [0.5, 0.6) is 0 Å². The summed E-state index contributed by atoms with van der Waals surface area (Å²) in [6.45, 7) is 8.34. The van der Waals surface area contributed by atoms with Gasteiger partial charge < -0.3 is 20.3 Å². The topological polar surface area (TPSA) is 66.5 Å². The highest BCUT2D eigenvalue weighted by molar-refractivity contribution is 6.04. The van der Waals surface area contributed by atoms with Gasteiger partial charge in [-0.3, -0.25) is 4.79 Å². The average molecular weight is 368 g/mol. The van der Waals surface area contributed by atoms with E-state index in [0.717, 1.165) is 43.1 Å². The minimum Gasteiger partial charge on any atom is -0.384 e. The number of amides is 1. The fourth-order valence-electron chi connectivity index (χ4n) is 2.98. The number of benzene rings is 1. The van der Waals surface area contributed by atoms with Gasteiger partial charge in [-0.2, -0.15) is 0 Å². The van der Waals surface area contributed by atoms with Gasteiger partial charge in [-0.05, 0) is 36.6 Å². The highest BCUT2D eigenvalue weighted by Gasteiger charge is 2.16. The smallest absolute Gasteiger partial charge is 0.274 e. The summed E-state index contributed by atoms with van der Waals surface area (Å²) in [6.07, 6.45) is 2.81. The van der Waals surface area contributed by atoms with E-state index >= 15 is 0 Å². The van der Waals surface area contributed by atoms with Gasteiger partial charge in [0.1, 0.15) is 5.69 Å². The van der Waals surface area contributed by atoms with Crippen LogP contribution in [0, 0.1) is 5.92 Å². The molecule has 1 aliphatic heterocycles. The van der Waals surface area contributed by atoms with Crippen molar-refractivity contribution in [3.63, 3.8) is 0 Å². The van der Waals surface area contributed by atoms with E-state index in [2.05, 4.69) is 34.4 Å². The van der Waals surface area contributed by atoms with Gasteiger partial charge in [-0.1, -0.05) is 26.0 Å². The first kappa shape index (κ1) is 19.2. The maximum atomic E-state index is 12.6. The number of carbonyl (C=O) groups is 1. The minimum atomic E-state index is -0.204. The number of hydrogen-bond acceptors (Lipinski definition) is 5. The Morgan fingerprint density at radius 1 is 1.19 bits per heavy atom. The molecule has 2 N–H and O–H groups in total. The molecule has 0 spiro atoms. The predicted octanol–water partition coefficient (Wildman–Crippen LogP) is 3.63. The summed E-state index contributed by atoms with van der Waals surface area (Å²) in [4.78, 5) is 19.2. The van der Waals surface area contributed by atoms with Crippen molar-refractivity contribution in [2.24, 2.45) is 5.92 Å². The van der Waals surface area contributed by atoms with Crippen LogP contribution in [0.15, 0.2) is 42.6 Å². The van der Waals surface area contributed by atoms with Crippen molar-refractivity contribution in [3.8, 4) is 0 Å². The fourth-order valence-corrected chi connectivity index (χ4v) is 2.98. The molecule has 0 atom stereocenters. The molecule has 1 aromatic heterocycles. The Kier molecular flexibility index (Phi) is 6.65. The predicted molar refractivity (Wildman–Crippen MR) is 110 cm³/mol. The highest BCUT2D eigenvalue weighted by atomic mass is 16.5. The van der Waals surface area contributed by atoms with Crippen LogP contribution in [0.4, 0.5) is 17.1 Å². The first-order chi connectivity index (χ1) is 13.1. The molecule has 3 rings (SSSR count). The van der Waals surface area contributed by atoms with Crippen molar-refractivity contribution in [2.75, 3.05) is 48.4 Å². The summed E-state index contributed by atoms with van der Waals surface area (Å²) in [5.74, 6) is 0.450. The lowest BCUT2D eigenvalue weighted by Gasteiger charge is -2.30. The van der Waals surface area contributed by atoms with E-state index in [0.29, 0.717) is 24.8 Å². The summed E-state index contributed by atoms with van der Waals surface area (Å²) in [5.41, 5.74) is 3.15. The molecule has 1 aliphatic rings.